The van der Waals surface area contributed by atoms with Crippen LogP contribution in [0.3, 0.4) is 0 Å². The summed E-state index contributed by atoms with van der Waals surface area (Å²) in [6.45, 7) is 0. The van der Waals surface area contributed by atoms with Crippen molar-refractivity contribution in [2.45, 2.75) is 31.5 Å². The maximum absolute atomic E-state index is 9.38. The van der Waals surface area contributed by atoms with Gasteiger partial charge in [0.2, 0.25) is 0 Å². The lowest BCUT2D eigenvalue weighted by atomic mass is 9.95. The van der Waals surface area contributed by atoms with Crippen LogP contribution in [-0.4, -0.2) is 24.4 Å². The molecule has 2 aliphatic carbocycles. The maximum atomic E-state index is 9.38. The fourth-order valence-corrected chi connectivity index (χ4v) is 2.48. The summed E-state index contributed by atoms with van der Waals surface area (Å²) in [7, 11) is 1.78. The highest BCUT2D eigenvalue weighted by atomic mass is 16.5. The van der Waals surface area contributed by atoms with Crippen LogP contribution in [0.25, 0.3) is 0 Å². The second-order valence-corrected chi connectivity index (χ2v) is 3.57. The molecule has 58 valence electrons. The van der Waals surface area contributed by atoms with Gasteiger partial charge in [0, 0.05) is 7.11 Å². The van der Waals surface area contributed by atoms with E-state index in [0.29, 0.717) is 17.9 Å². The van der Waals surface area contributed by atoms with Crippen molar-refractivity contribution in [1.82, 2.24) is 0 Å². The molecule has 2 bridgehead atoms. The normalized spacial score (nSPS) is 52.2. The van der Waals surface area contributed by atoms with E-state index in [4.69, 9.17) is 4.74 Å². The molecule has 2 aliphatic rings. The third-order valence-corrected chi connectivity index (χ3v) is 3.06. The van der Waals surface area contributed by atoms with Crippen molar-refractivity contribution in [3.8, 4) is 0 Å². The molecule has 4 atom stereocenters. The molecule has 0 aliphatic heterocycles. The zero-order chi connectivity index (χ0) is 7.14. The molecule has 10 heavy (non-hydrogen) atoms. The van der Waals surface area contributed by atoms with E-state index in [2.05, 4.69) is 0 Å². The minimum absolute atomic E-state index is 0.0172. The molecule has 1 N–H and O–H groups in total. The summed E-state index contributed by atoms with van der Waals surface area (Å²) in [5.74, 6) is 1.21. The summed E-state index contributed by atoms with van der Waals surface area (Å²) >= 11 is 0. The van der Waals surface area contributed by atoms with Crippen LogP contribution in [0.1, 0.15) is 19.3 Å². The fourth-order valence-electron chi connectivity index (χ4n) is 2.48. The number of rotatable bonds is 1. The van der Waals surface area contributed by atoms with E-state index in [1.54, 1.807) is 7.11 Å². The number of hydrogen-bond acceptors (Lipinski definition) is 2. The zero-order valence-corrected chi connectivity index (χ0v) is 6.29. The van der Waals surface area contributed by atoms with Crippen LogP contribution in [0.4, 0.5) is 0 Å². The van der Waals surface area contributed by atoms with E-state index < -0.39 is 0 Å². The summed E-state index contributed by atoms with van der Waals surface area (Å²) in [4.78, 5) is 0. The van der Waals surface area contributed by atoms with Crippen LogP contribution in [0.15, 0.2) is 0 Å². The molecule has 2 rings (SSSR count). The molecule has 2 fully saturated rings. The van der Waals surface area contributed by atoms with Crippen molar-refractivity contribution in [1.29, 1.82) is 0 Å². The Morgan fingerprint density at radius 1 is 1.20 bits per heavy atom. The number of aliphatic hydroxyl groups is 1. The van der Waals surface area contributed by atoms with E-state index in [-0.39, 0.29) is 6.10 Å². The average molecular weight is 142 g/mol. The molecule has 0 aromatic heterocycles. The van der Waals surface area contributed by atoms with Gasteiger partial charge in [-0.25, -0.2) is 0 Å². The molecule has 2 nitrogen and oxygen atoms in total. The van der Waals surface area contributed by atoms with Gasteiger partial charge in [-0.05, 0) is 31.1 Å². The first-order valence-corrected chi connectivity index (χ1v) is 4.02. The number of fused-ring (bicyclic) bond motifs is 2. The van der Waals surface area contributed by atoms with E-state index in [9.17, 15) is 5.11 Å². The van der Waals surface area contributed by atoms with Gasteiger partial charge < -0.3 is 9.84 Å². The summed E-state index contributed by atoms with van der Waals surface area (Å²) < 4.78 is 5.28. The van der Waals surface area contributed by atoms with Crippen LogP contribution in [0, 0.1) is 11.8 Å². The highest BCUT2D eigenvalue weighted by molar-refractivity contribution is 4.95. The third-order valence-electron chi connectivity index (χ3n) is 3.06. The lowest BCUT2D eigenvalue weighted by Gasteiger charge is -2.23. The molecule has 0 spiro atoms. The number of ether oxygens (including phenoxy) is 1. The summed E-state index contributed by atoms with van der Waals surface area (Å²) in [6, 6.07) is 0. The number of aliphatic hydroxyl groups excluding tert-OH is 1. The molecule has 0 saturated heterocycles. The Labute approximate surface area is 61.2 Å². The van der Waals surface area contributed by atoms with Crippen LogP contribution < -0.4 is 0 Å². The van der Waals surface area contributed by atoms with E-state index in [1.165, 1.54) is 6.42 Å². The second kappa shape index (κ2) is 2.21. The molecular weight excluding hydrogens is 128 g/mol. The van der Waals surface area contributed by atoms with Crippen molar-refractivity contribution in [3.05, 3.63) is 0 Å². The molecule has 2 saturated carbocycles. The molecule has 0 amide bonds. The number of hydrogen-bond donors (Lipinski definition) is 1. The van der Waals surface area contributed by atoms with Gasteiger partial charge >= 0.3 is 0 Å². The van der Waals surface area contributed by atoms with E-state index in [0.717, 1.165) is 12.8 Å². The first-order valence-electron chi connectivity index (χ1n) is 4.02. The van der Waals surface area contributed by atoms with Crippen molar-refractivity contribution in [2.24, 2.45) is 11.8 Å². The SMILES string of the molecule is CO[C@@H]1C[C@H]2C[C@@H]1C[C@@H]2O. The molecule has 0 radical (unpaired) electrons. The average Bonchev–Trinajstić information content (AvgIpc) is 2.44. The van der Waals surface area contributed by atoms with Crippen LogP contribution in [-0.2, 0) is 4.74 Å². The predicted octanol–water partition coefficient (Wildman–Crippen LogP) is 0.792. The predicted molar refractivity (Wildman–Crippen MR) is 37.6 cm³/mol. The molecule has 0 aromatic rings. The van der Waals surface area contributed by atoms with Gasteiger partial charge in [-0.3, -0.25) is 0 Å². The zero-order valence-electron chi connectivity index (χ0n) is 6.29. The lowest BCUT2D eigenvalue weighted by molar-refractivity contribution is 0.0157. The topological polar surface area (TPSA) is 29.5 Å². The Morgan fingerprint density at radius 3 is 2.40 bits per heavy atom. The highest BCUT2D eigenvalue weighted by Gasteiger charge is 2.45. The lowest BCUT2D eigenvalue weighted by Crippen LogP contribution is -2.26. The Balaban J connectivity index is 2.02. The van der Waals surface area contributed by atoms with Crippen LogP contribution in [0.5, 0.6) is 0 Å². The largest absolute Gasteiger partial charge is 0.393 e. The quantitative estimate of drug-likeness (QED) is 0.586. The van der Waals surface area contributed by atoms with Crippen molar-refractivity contribution in [3.63, 3.8) is 0 Å². The van der Waals surface area contributed by atoms with Crippen LogP contribution in [0.2, 0.25) is 0 Å². The first-order chi connectivity index (χ1) is 4.81. The van der Waals surface area contributed by atoms with E-state index in [1.807, 2.05) is 0 Å². The maximum Gasteiger partial charge on any atom is 0.0604 e. The molecule has 2 heteroatoms. The smallest absolute Gasteiger partial charge is 0.0604 e. The standard InChI is InChI=1S/C8H14O2/c1-10-8-4-5-2-6(8)3-7(5)9/h5-9H,2-4H2,1H3/t5-,6-,7+,8-/m1/s1. The minimum atomic E-state index is -0.0172. The Bertz CT molecular complexity index is 133. The molecule has 0 unspecified atom stereocenters. The molecule has 0 aromatic carbocycles. The highest BCUT2D eigenvalue weighted by Crippen LogP contribution is 2.45. The van der Waals surface area contributed by atoms with Crippen molar-refractivity contribution in [2.75, 3.05) is 7.11 Å². The Morgan fingerprint density at radius 2 is 2.00 bits per heavy atom. The number of methoxy groups -OCH3 is 1. The van der Waals surface area contributed by atoms with Crippen molar-refractivity contribution < 1.29 is 9.84 Å². The van der Waals surface area contributed by atoms with Gasteiger partial charge in [0.25, 0.3) is 0 Å². The first kappa shape index (κ1) is 6.62. The van der Waals surface area contributed by atoms with Gasteiger partial charge in [0.1, 0.15) is 0 Å². The Kier molecular flexibility index (Phi) is 1.46. The minimum Gasteiger partial charge on any atom is -0.393 e. The third kappa shape index (κ3) is 0.789. The fraction of sp³-hybridized carbons (Fsp3) is 1.00. The summed E-state index contributed by atoms with van der Waals surface area (Å²) in [6.07, 6.45) is 3.69. The van der Waals surface area contributed by atoms with Crippen molar-refractivity contribution >= 4 is 0 Å². The van der Waals surface area contributed by atoms with Gasteiger partial charge in [0.15, 0.2) is 0 Å². The Hall–Kier alpha value is -0.0800. The molecule has 0 heterocycles. The van der Waals surface area contributed by atoms with Gasteiger partial charge in [0.05, 0.1) is 12.2 Å². The van der Waals surface area contributed by atoms with Gasteiger partial charge in [-0.2, -0.15) is 0 Å². The van der Waals surface area contributed by atoms with Crippen LogP contribution >= 0.6 is 0 Å². The summed E-state index contributed by atoms with van der Waals surface area (Å²) in [5, 5.41) is 9.38. The summed E-state index contributed by atoms with van der Waals surface area (Å²) in [5.41, 5.74) is 0. The molecular formula is C8H14O2. The van der Waals surface area contributed by atoms with E-state index >= 15 is 0 Å². The monoisotopic (exact) mass is 142 g/mol. The van der Waals surface area contributed by atoms with Gasteiger partial charge in [-0.1, -0.05) is 0 Å². The van der Waals surface area contributed by atoms with Gasteiger partial charge in [-0.15, -0.1) is 0 Å². The second-order valence-electron chi connectivity index (χ2n) is 3.57.